The Balaban J connectivity index is 1.23. The fraction of sp³-hybridized carbons (Fsp3) is 0.409. The number of carbonyl (C=O) groups is 1. The van der Waals surface area contributed by atoms with Gasteiger partial charge in [-0.2, -0.15) is 0 Å². The molecule has 1 aromatic carbocycles. The van der Waals surface area contributed by atoms with Crippen LogP contribution in [0.3, 0.4) is 0 Å². The molecule has 1 aliphatic heterocycles. The van der Waals surface area contributed by atoms with Crippen molar-refractivity contribution in [3.05, 3.63) is 54.1 Å². The number of para-hydroxylation sites is 1. The molecule has 0 atom stereocenters. The molecule has 29 heavy (non-hydrogen) atoms. The Hall–Kier alpha value is -2.93. The van der Waals surface area contributed by atoms with Crippen molar-refractivity contribution in [1.29, 1.82) is 0 Å². The Bertz CT molecular complexity index is 1030. The van der Waals surface area contributed by atoms with Crippen LogP contribution < -0.4 is 10.2 Å². The molecule has 0 spiro atoms. The molecule has 7 heteroatoms. The number of hydrogen-bond acceptors (Lipinski definition) is 5. The number of morpholine rings is 1. The lowest BCUT2D eigenvalue weighted by Gasteiger charge is -2.36. The number of hydrogen-bond donors (Lipinski definition) is 1. The Morgan fingerprint density at radius 3 is 2.79 bits per heavy atom. The minimum Gasteiger partial charge on any atom is -0.378 e. The minimum atomic E-state index is 0.00180. The van der Waals surface area contributed by atoms with Gasteiger partial charge >= 0.3 is 0 Å². The molecule has 0 unspecified atom stereocenters. The molecule has 2 fully saturated rings. The van der Waals surface area contributed by atoms with Gasteiger partial charge in [-0.05, 0) is 18.9 Å². The summed E-state index contributed by atoms with van der Waals surface area (Å²) in [5.41, 5.74) is 2.88. The number of anilines is 1. The number of benzene rings is 1. The van der Waals surface area contributed by atoms with Crippen molar-refractivity contribution in [1.82, 2.24) is 19.9 Å². The average molecular weight is 391 g/mol. The first-order valence-electron chi connectivity index (χ1n) is 10.2. The highest BCUT2D eigenvalue weighted by Crippen LogP contribution is 2.37. The lowest BCUT2D eigenvalue weighted by molar-refractivity contribution is 0.0909. The molecule has 0 radical (unpaired) electrons. The van der Waals surface area contributed by atoms with Crippen LogP contribution in [-0.4, -0.2) is 52.8 Å². The van der Waals surface area contributed by atoms with Crippen LogP contribution in [0.5, 0.6) is 0 Å². The van der Waals surface area contributed by atoms with E-state index in [2.05, 4.69) is 26.3 Å². The van der Waals surface area contributed by atoms with Gasteiger partial charge in [0.05, 0.1) is 18.8 Å². The summed E-state index contributed by atoms with van der Waals surface area (Å²) in [5, 5.41) is 4.19. The smallest absolute Gasteiger partial charge is 0.253 e. The third kappa shape index (κ3) is 3.46. The van der Waals surface area contributed by atoms with E-state index in [1.54, 1.807) is 6.33 Å². The van der Waals surface area contributed by atoms with Crippen molar-refractivity contribution in [2.24, 2.45) is 7.05 Å². The molecule has 5 rings (SSSR count). The molecular weight excluding hydrogens is 366 g/mol. The summed E-state index contributed by atoms with van der Waals surface area (Å²) < 4.78 is 7.42. The van der Waals surface area contributed by atoms with Crippen molar-refractivity contribution in [3.63, 3.8) is 0 Å². The van der Waals surface area contributed by atoms with Crippen LogP contribution in [0.1, 0.15) is 34.8 Å². The Morgan fingerprint density at radius 1 is 1.17 bits per heavy atom. The molecule has 1 N–H and O–H groups in total. The van der Waals surface area contributed by atoms with Crippen molar-refractivity contribution < 1.29 is 9.53 Å². The van der Waals surface area contributed by atoms with Gasteiger partial charge in [0, 0.05) is 61.0 Å². The maximum atomic E-state index is 12.8. The van der Waals surface area contributed by atoms with Crippen LogP contribution in [0.2, 0.25) is 0 Å². The minimum absolute atomic E-state index is 0.00180. The predicted octanol–water partition coefficient (Wildman–Crippen LogP) is 2.48. The Labute approximate surface area is 169 Å². The number of carbonyl (C=O) groups excluding carboxylic acids is 1. The first-order valence-corrected chi connectivity index (χ1v) is 10.2. The molecule has 1 amide bonds. The third-order valence-corrected chi connectivity index (χ3v) is 6.04. The van der Waals surface area contributed by atoms with E-state index in [9.17, 15) is 4.79 Å². The first-order chi connectivity index (χ1) is 14.2. The second kappa shape index (κ2) is 7.48. The van der Waals surface area contributed by atoms with Crippen LogP contribution in [0.15, 0.2) is 42.9 Å². The molecule has 3 aromatic rings. The van der Waals surface area contributed by atoms with Crippen molar-refractivity contribution in [2.75, 3.05) is 31.2 Å². The van der Waals surface area contributed by atoms with E-state index in [1.165, 1.54) is 0 Å². The van der Waals surface area contributed by atoms with E-state index in [-0.39, 0.29) is 11.9 Å². The number of aromatic nitrogens is 3. The number of nitrogens with one attached hydrogen (secondary N) is 1. The van der Waals surface area contributed by atoms with Crippen LogP contribution >= 0.6 is 0 Å². The molecule has 1 aliphatic carbocycles. The van der Waals surface area contributed by atoms with Crippen molar-refractivity contribution in [2.45, 2.75) is 24.8 Å². The molecular formula is C22H25N5O2. The van der Waals surface area contributed by atoms with Gasteiger partial charge in [-0.25, -0.2) is 9.97 Å². The van der Waals surface area contributed by atoms with E-state index in [1.807, 2.05) is 42.1 Å². The molecule has 2 aromatic heterocycles. The van der Waals surface area contributed by atoms with Gasteiger partial charge in [0.25, 0.3) is 5.91 Å². The highest BCUT2D eigenvalue weighted by Gasteiger charge is 2.33. The summed E-state index contributed by atoms with van der Waals surface area (Å²) in [7, 11) is 1.97. The molecule has 1 saturated carbocycles. The normalized spacial score (nSPS) is 21.8. The molecule has 3 heterocycles. The van der Waals surface area contributed by atoms with Crippen LogP contribution in [0, 0.1) is 0 Å². The average Bonchev–Trinajstić information content (AvgIpc) is 3.08. The summed E-state index contributed by atoms with van der Waals surface area (Å²) in [6, 6.07) is 10.3. The quantitative estimate of drug-likeness (QED) is 0.740. The van der Waals surface area contributed by atoms with E-state index in [4.69, 9.17) is 4.74 Å². The van der Waals surface area contributed by atoms with E-state index in [0.29, 0.717) is 5.92 Å². The van der Waals surface area contributed by atoms with Crippen LogP contribution in [0.4, 0.5) is 5.82 Å². The number of amides is 1. The second-order valence-electron chi connectivity index (χ2n) is 7.91. The zero-order chi connectivity index (χ0) is 19.8. The molecule has 150 valence electrons. The standard InChI is InChI=1S/C22H25N5O2/c1-26-13-18(17-4-2-3-5-20(17)26)22(28)25-16-10-15(11-16)19-12-21(24-14-23-19)27-6-8-29-9-7-27/h2-5,12-16H,6-11H2,1H3,(H,25,28). The van der Waals surface area contributed by atoms with Crippen LogP contribution in [-0.2, 0) is 11.8 Å². The lowest BCUT2D eigenvalue weighted by Crippen LogP contribution is -2.43. The van der Waals surface area contributed by atoms with Gasteiger partial charge in [0.1, 0.15) is 12.1 Å². The highest BCUT2D eigenvalue weighted by molar-refractivity contribution is 6.07. The monoisotopic (exact) mass is 391 g/mol. The molecule has 2 aliphatic rings. The SMILES string of the molecule is Cn1cc(C(=O)NC2CC(c3cc(N4CCOCC4)ncn3)C2)c2ccccc21. The number of nitrogens with zero attached hydrogens (tertiary/aromatic N) is 4. The number of fused-ring (bicyclic) bond motifs is 1. The van der Waals surface area contributed by atoms with E-state index < -0.39 is 0 Å². The summed E-state index contributed by atoms with van der Waals surface area (Å²) in [6.07, 6.45) is 5.39. The van der Waals surface area contributed by atoms with Gasteiger partial charge in [-0.1, -0.05) is 18.2 Å². The predicted molar refractivity (Wildman–Crippen MR) is 111 cm³/mol. The second-order valence-corrected chi connectivity index (χ2v) is 7.91. The maximum Gasteiger partial charge on any atom is 0.253 e. The number of ether oxygens (including phenoxy) is 1. The topological polar surface area (TPSA) is 72.3 Å². The Morgan fingerprint density at radius 2 is 1.97 bits per heavy atom. The van der Waals surface area contributed by atoms with E-state index >= 15 is 0 Å². The molecule has 0 bridgehead atoms. The lowest BCUT2D eigenvalue weighted by atomic mass is 9.78. The summed E-state index contributed by atoms with van der Waals surface area (Å²) in [4.78, 5) is 24.0. The zero-order valence-corrected chi connectivity index (χ0v) is 16.5. The Kier molecular flexibility index (Phi) is 4.67. The first kappa shape index (κ1) is 18.1. The van der Waals surface area contributed by atoms with Crippen molar-refractivity contribution >= 4 is 22.6 Å². The van der Waals surface area contributed by atoms with Gasteiger partial charge < -0.3 is 19.5 Å². The van der Waals surface area contributed by atoms with Gasteiger partial charge in [-0.15, -0.1) is 0 Å². The van der Waals surface area contributed by atoms with Gasteiger partial charge in [0.15, 0.2) is 0 Å². The number of aryl methyl sites for hydroxylation is 1. The van der Waals surface area contributed by atoms with Gasteiger partial charge in [-0.3, -0.25) is 4.79 Å². The molecule has 7 nitrogen and oxygen atoms in total. The van der Waals surface area contributed by atoms with E-state index in [0.717, 1.165) is 67.1 Å². The summed E-state index contributed by atoms with van der Waals surface area (Å²) in [6.45, 7) is 3.21. The summed E-state index contributed by atoms with van der Waals surface area (Å²) in [5.74, 6) is 1.35. The number of rotatable bonds is 4. The maximum absolute atomic E-state index is 12.8. The largest absolute Gasteiger partial charge is 0.378 e. The zero-order valence-electron chi connectivity index (χ0n) is 16.5. The fourth-order valence-electron chi connectivity index (χ4n) is 4.31. The van der Waals surface area contributed by atoms with Gasteiger partial charge in [0.2, 0.25) is 0 Å². The fourth-order valence-corrected chi connectivity index (χ4v) is 4.31. The van der Waals surface area contributed by atoms with Crippen LogP contribution in [0.25, 0.3) is 10.9 Å². The highest BCUT2D eigenvalue weighted by atomic mass is 16.5. The molecule has 1 saturated heterocycles. The van der Waals surface area contributed by atoms with Crippen molar-refractivity contribution in [3.8, 4) is 0 Å². The third-order valence-electron chi connectivity index (χ3n) is 6.04. The summed E-state index contributed by atoms with van der Waals surface area (Å²) >= 11 is 0.